The number of hydrogen-bond acceptors (Lipinski definition) is 7. The highest BCUT2D eigenvalue weighted by atomic mass is 19.4. The van der Waals surface area contributed by atoms with E-state index in [4.69, 9.17) is 4.74 Å². The van der Waals surface area contributed by atoms with E-state index in [0.717, 1.165) is 5.69 Å². The van der Waals surface area contributed by atoms with E-state index in [2.05, 4.69) is 25.0 Å². The summed E-state index contributed by atoms with van der Waals surface area (Å²) < 4.78 is 64.8. The van der Waals surface area contributed by atoms with Gasteiger partial charge in [0, 0.05) is 11.9 Å². The monoisotopic (exact) mass is 486 g/mol. The normalized spacial score (nSPS) is 13.2. The fourth-order valence-electron chi connectivity index (χ4n) is 3.67. The highest BCUT2D eigenvalue weighted by Crippen LogP contribution is 2.41. The molecule has 1 aliphatic heterocycles. The van der Waals surface area contributed by atoms with Crippen molar-refractivity contribution in [3.63, 3.8) is 0 Å². The van der Waals surface area contributed by atoms with E-state index < -0.39 is 12.2 Å². The first-order valence-electron chi connectivity index (χ1n) is 10.5. The van der Waals surface area contributed by atoms with Crippen LogP contribution in [-0.4, -0.2) is 39.0 Å². The number of aromatic nitrogens is 4. The highest BCUT2D eigenvalue weighted by Gasteiger charge is 2.34. The largest absolute Gasteiger partial charge is 0.573 e. The molecule has 0 amide bonds. The Morgan fingerprint density at radius 3 is 2.66 bits per heavy atom. The first kappa shape index (κ1) is 22.4. The average molecular weight is 486 g/mol. The van der Waals surface area contributed by atoms with Gasteiger partial charge in [0.2, 0.25) is 5.95 Å². The average Bonchev–Trinajstić information content (AvgIpc) is 3.24. The van der Waals surface area contributed by atoms with Gasteiger partial charge in [-0.05, 0) is 37.3 Å². The minimum Gasteiger partial charge on any atom is -0.486 e. The third-order valence-electron chi connectivity index (χ3n) is 5.14. The van der Waals surface area contributed by atoms with Gasteiger partial charge >= 0.3 is 6.36 Å². The second kappa shape index (κ2) is 8.78. The number of para-hydroxylation sites is 2. The van der Waals surface area contributed by atoms with Crippen molar-refractivity contribution in [2.24, 2.45) is 0 Å². The molecule has 0 unspecified atom stereocenters. The number of fused-ring (bicyclic) bond motifs is 1. The minimum atomic E-state index is -4.85. The van der Waals surface area contributed by atoms with Gasteiger partial charge in [-0.3, -0.25) is 0 Å². The smallest absolute Gasteiger partial charge is 0.486 e. The number of imidazole rings is 1. The zero-order valence-corrected chi connectivity index (χ0v) is 18.3. The van der Waals surface area contributed by atoms with Crippen molar-refractivity contribution in [1.82, 2.24) is 19.5 Å². The fourth-order valence-corrected chi connectivity index (χ4v) is 3.67. The Kier molecular flexibility index (Phi) is 5.63. The summed E-state index contributed by atoms with van der Waals surface area (Å²) in [6.07, 6.45) is -0.228. The molecule has 2 aromatic heterocycles. The molecule has 0 bridgehead atoms. The number of nitrogens with zero attached hydrogens (tertiary/aromatic N) is 5. The van der Waals surface area contributed by atoms with Crippen LogP contribution < -0.4 is 19.7 Å². The number of benzene rings is 2. The molecule has 0 radical (unpaired) electrons. The molecular weight excluding hydrogens is 468 g/mol. The van der Waals surface area contributed by atoms with Crippen LogP contribution in [0.15, 0.2) is 61.2 Å². The van der Waals surface area contributed by atoms with E-state index in [9.17, 15) is 17.6 Å². The third kappa shape index (κ3) is 4.81. The van der Waals surface area contributed by atoms with Crippen LogP contribution in [0, 0.1) is 12.7 Å². The van der Waals surface area contributed by atoms with Crippen LogP contribution in [0.2, 0.25) is 0 Å². The predicted molar refractivity (Wildman–Crippen MR) is 119 cm³/mol. The molecule has 0 saturated carbocycles. The summed E-state index contributed by atoms with van der Waals surface area (Å²) >= 11 is 0. The summed E-state index contributed by atoms with van der Waals surface area (Å²) in [4.78, 5) is 14.3. The molecule has 0 aliphatic carbocycles. The number of halogens is 4. The van der Waals surface area contributed by atoms with E-state index in [0.29, 0.717) is 17.1 Å². The molecule has 1 N–H and O–H groups in total. The van der Waals surface area contributed by atoms with Gasteiger partial charge in [-0.25, -0.2) is 14.4 Å². The van der Waals surface area contributed by atoms with E-state index >= 15 is 0 Å². The second-order valence-electron chi connectivity index (χ2n) is 7.61. The Balaban J connectivity index is 1.44. The van der Waals surface area contributed by atoms with Crippen LogP contribution >= 0.6 is 0 Å². The summed E-state index contributed by atoms with van der Waals surface area (Å²) in [5.74, 6) is -0.209. The van der Waals surface area contributed by atoms with Crippen molar-refractivity contribution in [2.75, 3.05) is 23.4 Å². The van der Waals surface area contributed by atoms with Crippen LogP contribution in [0.25, 0.3) is 5.69 Å². The van der Waals surface area contributed by atoms with Crippen LogP contribution in [0.3, 0.4) is 0 Å². The highest BCUT2D eigenvalue weighted by molar-refractivity contribution is 5.72. The van der Waals surface area contributed by atoms with Crippen molar-refractivity contribution in [3.8, 4) is 17.2 Å². The maximum absolute atomic E-state index is 14.7. The van der Waals surface area contributed by atoms with E-state index in [1.54, 1.807) is 40.8 Å². The van der Waals surface area contributed by atoms with E-state index in [-0.39, 0.29) is 36.4 Å². The van der Waals surface area contributed by atoms with Crippen LogP contribution in [0.4, 0.5) is 40.7 Å². The lowest BCUT2D eigenvalue weighted by Gasteiger charge is -2.31. The van der Waals surface area contributed by atoms with Gasteiger partial charge in [0.15, 0.2) is 17.3 Å². The molecule has 5 rings (SSSR count). The number of aryl methyl sites for hydroxylation is 1. The Morgan fingerprint density at radius 2 is 1.91 bits per heavy atom. The number of nitrogens with one attached hydrogen (secondary N) is 1. The number of rotatable bonds is 5. The molecule has 0 fully saturated rings. The molecule has 12 heteroatoms. The van der Waals surface area contributed by atoms with Crippen molar-refractivity contribution in [1.29, 1.82) is 0 Å². The number of hydrogen-bond donors (Lipinski definition) is 1. The van der Waals surface area contributed by atoms with Gasteiger partial charge in [0.1, 0.15) is 12.4 Å². The molecule has 0 spiro atoms. The van der Waals surface area contributed by atoms with E-state index in [1.165, 1.54) is 36.8 Å². The molecule has 2 aromatic carbocycles. The molecule has 0 saturated heterocycles. The first-order valence-corrected chi connectivity index (χ1v) is 10.5. The topological polar surface area (TPSA) is 77.3 Å². The van der Waals surface area contributed by atoms with Crippen LogP contribution in [-0.2, 0) is 0 Å². The molecule has 0 atom stereocenters. The second-order valence-corrected chi connectivity index (χ2v) is 7.61. The molecule has 3 heterocycles. The Bertz CT molecular complexity index is 1370. The maximum atomic E-state index is 14.7. The standard InChI is InChI=1S/C23H18F4N6O2/c1-14-12-32(13-29-14)17-7-6-15(10-16(17)24)30-22-28-11-20-21(31-22)33(8-9-34-20)18-4-2-3-5-19(18)35-23(25,26)27/h2-7,10-13H,8-9H2,1H3,(H,28,30,31). The maximum Gasteiger partial charge on any atom is 0.573 e. The SMILES string of the molecule is Cc1cn(-c2ccc(Nc3ncc4c(n3)N(c3ccccc3OC(F)(F)F)CCO4)cc2F)cn1. The first-order chi connectivity index (χ1) is 16.8. The van der Waals surface area contributed by atoms with Gasteiger partial charge < -0.3 is 24.3 Å². The zero-order valence-electron chi connectivity index (χ0n) is 18.3. The summed E-state index contributed by atoms with van der Waals surface area (Å²) in [6, 6.07) is 10.3. The van der Waals surface area contributed by atoms with Gasteiger partial charge in [-0.1, -0.05) is 12.1 Å². The molecule has 35 heavy (non-hydrogen) atoms. The summed E-state index contributed by atoms with van der Waals surface area (Å²) in [7, 11) is 0. The summed E-state index contributed by atoms with van der Waals surface area (Å²) in [5.41, 5.74) is 1.63. The number of ether oxygens (including phenoxy) is 2. The van der Waals surface area contributed by atoms with Crippen LogP contribution in [0.5, 0.6) is 11.5 Å². The number of alkyl halides is 3. The third-order valence-corrected chi connectivity index (χ3v) is 5.14. The van der Waals surface area contributed by atoms with Gasteiger partial charge in [-0.2, -0.15) is 4.98 Å². The lowest BCUT2D eigenvalue weighted by molar-refractivity contribution is -0.274. The Morgan fingerprint density at radius 1 is 1.09 bits per heavy atom. The summed E-state index contributed by atoms with van der Waals surface area (Å²) in [6.45, 7) is 2.25. The molecule has 1 aliphatic rings. The zero-order chi connectivity index (χ0) is 24.6. The molecule has 4 aromatic rings. The van der Waals surface area contributed by atoms with E-state index in [1.807, 2.05) is 0 Å². The Hall–Kier alpha value is -4.35. The summed E-state index contributed by atoms with van der Waals surface area (Å²) in [5, 5.41) is 2.92. The van der Waals surface area contributed by atoms with Crippen molar-refractivity contribution < 1.29 is 27.0 Å². The fraction of sp³-hybridized carbons (Fsp3) is 0.174. The minimum absolute atomic E-state index is 0.110. The lowest BCUT2D eigenvalue weighted by atomic mass is 10.2. The van der Waals surface area contributed by atoms with Crippen LogP contribution in [0.1, 0.15) is 5.69 Å². The van der Waals surface area contributed by atoms with Crippen molar-refractivity contribution in [2.45, 2.75) is 13.3 Å². The predicted octanol–water partition coefficient (Wildman–Crippen LogP) is 5.28. The molecular formula is C23H18F4N6O2. The van der Waals surface area contributed by atoms with Gasteiger partial charge in [0.05, 0.1) is 36.1 Å². The van der Waals surface area contributed by atoms with Gasteiger partial charge in [-0.15, -0.1) is 13.2 Å². The van der Waals surface area contributed by atoms with Gasteiger partial charge in [0.25, 0.3) is 0 Å². The lowest BCUT2D eigenvalue weighted by Crippen LogP contribution is -2.31. The van der Waals surface area contributed by atoms with Crippen molar-refractivity contribution in [3.05, 3.63) is 72.7 Å². The molecule has 180 valence electrons. The number of anilines is 4. The Labute approximate surface area is 196 Å². The van der Waals surface area contributed by atoms with Crippen molar-refractivity contribution >= 4 is 23.1 Å². The molecule has 8 nitrogen and oxygen atoms in total. The quantitative estimate of drug-likeness (QED) is 0.385.